The number of morpholine rings is 1. The van der Waals surface area contributed by atoms with Gasteiger partial charge in [0.05, 0.1) is 13.2 Å². The van der Waals surface area contributed by atoms with Gasteiger partial charge in [0.15, 0.2) is 0 Å². The topological polar surface area (TPSA) is 64.6 Å². The maximum atomic E-state index is 10.4. The summed E-state index contributed by atoms with van der Waals surface area (Å²) in [6.45, 7) is 3.70. The van der Waals surface area contributed by atoms with Crippen LogP contribution in [0.2, 0.25) is 0 Å². The van der Waals surface area contributed by atoms with E-state index in [0.717, 1.165) is 52.0 Å². The van der Waals surface area contributed by atoms with Crippen LogP contribution in [-0.2, 0) is 4.74 Å². The second-order valence-electron chi connectivity index (χ2n) is 4.59. The summed E-state index contributed by atoms with van der Waals surface area (Å²) in [5, 5.41) is 12.9. The van der Waals surface area contributed by atoms with E-state index < -0.39 is 6.09 Å². The van der Waals surface area contributed by atoms with E-state index in [9.17, 15) is 9.90 Å². The molecule has 1 N–H and O–H groups in total. The van der Waals surface area contributed by atoms with Crippen molar-refractivity contribution in [3.8, 4) is 0 Å². The maximum Gasteiger partial charge on any atom is 0.134 e. The highest BCUT2D eigenvalue weighted by Crippen LogP contribution is 2.23. The summed E-state index contributed by atoms with van der Waals surface area (Å²) in [7, 11) is 0. The van der Waals surface area contributed by atoms with Crippen LogP contribution < -0.4 is 10.4 Å². The van der Waals surface area contributed by atoms with Gasteiger partial charge in [-0.1, -0.05) is 0 Å². The fraction of sp³-hybridized carbons (Fsp3) is 0.909. The second kappa shape index (κ2) is 5.50. The molecule has 0 aromatic rings. The van der Waals surface area contributed by atoms with Gasteiger partial charge in [-0.2, -0.15) is 0 Å². The number of rotatable bonds is 2. The summed E-state index contributed by atoms with van der Waals surface area (Å²) in [5.74, 6) is 0. The minimum absolute atomic E-state index is 0.0993. The van der Waals surface area contributed by atoms with Gasteiger partial charge in [-0.25, -0.2) is 0 Å². The number of carboxylic acid groups (broad SMARTS) is 1. The predicted molar refractivity (Wildman–Crippen MR) is 57.0 cm³/mol. The van der Waals surface area contributed by atoms with Crippen molar-refractivity contribution in [3.05, 3.63) is 0 Å². The molecule has 92 valence electrons. The van der Waals surface area contributed by atoms with Gasteiger partial charge in [0.2, 0.25) is 0 Å². The predicted octanol–water partition coefficient (Wildman–Crippen LogP) is -0.437. The van der Waals surface area contributed by atoms with Gasteiger partial charge in [-0.05, 0) is 25.7 Å². The quantitative estimate of drug-likeness (QED) is 0.695. The Hall–Kier alpha value is -0.810. The summed E-state index contributed by atoms with van der Waals surface area (Å²) in [4.78, 5) is 12.9. The van der Waals surface area contributed by atoms with Crippen molar-refractivity contribution >= 4 is 6.09 Å². The molecule has 1 saturated heterocycles. The highest BCUT2D eigenvalue weighted by atomic mass is 16.5. The van der Waals surface area contributed by atoms with Gasteiger partial charge >= 0.3 is 0 Å². The number of nitrogens with zero attached hydrogens (tertiary/aromatic N) is 1. The SMILES string of the molecule is O=C([O-])NC1CCC(N2CCOCC2)CC1. The third-order valence-corrected chi connectivity index (χ3v) is 3.58. The van der Waals surface area contributed by atoms with Gasteiger partial charge in [-0.3, -0.25) is 4.90 Å². The van der Waals surface area contributed by atoms with E-state index in [0.29, 0.717) is 6.04 Å². The molecule has 1 aliphatic heterocycles. The van der Waals surface area contributed by atoms with Gasteiger partial charge in [0.1, 0.15) is 6.09 Å². The lowest BCUT2D eigenvalue weighted by Crippen LogP contribution is -2.49. The van der Waals surface area contributed by atoms with E-state index in [1.54, 1.807) is 0 Å². The minimum Gasteiger partial charge on any atom is -0.530 e. The molecule has 0 spiro atoms. The molecule has 0 radical (unpaired) electrons. The lowest BCUT2D eigenvalue weighted by atomic mass is 9.90. The van der Waals surface area contributed by atoms with Gasteiger partial charge in [0, 0.05) is 25.2 Å². The molecule has 0 aromatic carbocycles. The molecule has 1 amide bonds. The Morgan fingerprint density at radius 3 is 2.38 bits per heavy atom. The molecule has 16 heavy (non-hydrogen) atoms. The molecule has 5 heteroatoms. The van der Waals surface area contributed by atoms with Gasteiger partial charge in [-0.15, -0.1) is 0 Å². The second-order valence-corrected chi connectivity index (χ2v) is 4.59. The van der Waals surface area contributed by atoms with Crippen LogP contribution in [0.3, 0.4) is 0 Å². The van der Waals surface area contributed by atoms with Crippen molar-refractivity contribution in [2.45, 2.75) is 37.8 Å². The summed E-state index contributed by atoms with van der Waals surface area (Å²) in [6, 6.07) is 0.714. The maximum absolute atomic E-state index is 10.4. The van der Waals surface area contributed by atoms with Crippen molar-refractivity contribution < 1.29 is 14.6 Å². The lowest BCUT2D eigenvalue weighted by molar-refractivity contribution is -0.251. The number of nitrogens with one attached hydrogen (secondary N) is 1. The molecule has 2 fully saturated rings. The number of ether oxygens (including phenoxy) is 1. The highest BCUT2D eigenvalue weighted by molar-refractivity contribution is 5.62. The van der Waals surface area contributed by atoms with Crippen LogP contribution >= 0.6 is 0 Å². The number of carbonyl (C=O) groups excluding carboxylic acids is 1. The molecule has 2 rings (SSSR count). The van der Waals surface area contributed by atoms with E-state index in [1.807, 2.05) is 0 Å². The molecule has 0 atom stereocenters. The Morgan fingerprint density at radius 2 is 1.81 bits per heavy atom. The third kappa shape index (κ3) is 3.09. The monoisotopic (exact) mass is 227 g/mol. The first-order chi connectivity index (χ1) is 7.75. The van der Waals surface area contributed by atoms with Crippen LogP contribution in [-0.4, -0.2) is 49.4 Å². The fourth-order valence-corrected chi connectivity index (χ4v) is 2.69. The van der Waals surface area contributed by atoms with Crippen molar-refractivity contribution in [2.75, 3.05) is 26.3 Å². The summed E-state index contributed by atoms with van der Waals surface area (Å²) in [6.07, 6.45) is 2.86. The summed E-state index contributed by atoms with van der Waals surface area (Å²) >= 11 is 0. The van der Waals surface area contributed by atoms with Crippen LogP contribution in [0.1, 0.15) is 25.7 Å². The number of carbonyl (C=O) groups is 1. The van der Waals surface area contributed by atoms with Crippen LogP contribution in [0.5, 0.6) is 0 Å². The zero-order valence-corrected chi connectivity index (χ0v) is 9.48. The van der Waals surface area contributed by atoms with Crippen molar-refractivity contribution in [1.82, 2.24) is 10.2 Å². The smallest absolute Gasteiger partial charge is 0.134 e. The summed E-state index contributed by atoms with van der Waals surface area (Å²) < 4.78 is 5.32. The normalized spacial score (nSPS) is 32.2. The van der Waals surface area contributed by atoms with Gasteiger partial charge < -0.3 is 20.0 Å². The fourth-order valence-electron chi connectivity index (χ4n) is 2.69. The van der Waals surface area contributed by atoms with E-state index in [2.05, 4.69) is 10.2 Å². The molecule has 1 saturated carbocycles. The van der Waals surface area contributed by atoms with Crippen LogP contribution in [0, 0.1) is 0 Å². The Labute approximate surface area is 95.8 Å². The Balaban J connectivity index is 1.73. The molecule has 1 heterocycles. The van der Waals surface area contributed by atoms with Crippen LogP contribution in [0.25, 0.3) is 0 Å². The molecular formula is C11H19N2O3-. The third-order valence-electron chi connectivity index (χ3n) is 3.58. The van der Waals surface area contributed by atoms with Crippen molar-refractivity contribution in [1.29, 1.82) is 0 Å². The van der Waals surface area contributed by atoms with E-state index in [4.69, 9.17) is 4.74 Å². The average Bonchev–Trinajstić information content (AvgIpc) is 2.30. The zero-order chi connectivity index (χ0) is 11.4. The molecule has 5 nitrogen and oxygen atoms in total. The first-order valence-corrected chi connectivity index (χ1v) is 6.05. The Bertz CT molecular complexity index is 233. The first-order valence-electron chi connectivity index (χ1n) is 6.05. The van der Waals surface area contributed by atoms with Crippen molar-refractivity contribution in [3.63, 3.8) is 0 Å². The first kappa shape index (κ1) is 11.7. The van der Waals surface area contributed by atoms with Gasteiger partial charge in [0.25, 0.3) is 0 Å². The lowest BCUT2D eigenvalue weighted by Gasteiger charge is -2.39. The average molecular weight is 227 g/mol. The molecule has 2 aliphatic rings. The standard InChI is InChI=1S/C11H20N2O3/c14-11(15)12-9-1-3-10(4-2-9)13-5-7-16-8-6-13/h9-10,12H,1-8H2,(H,14,15)/p-1. The molecular weight excluding hydrogens is 208 g/mol. The number of hydrogen-bond donors (Lipinski definition) is 1. The molecule has 0 bridgehead atoms. The van der Waals surface area contributed by atoms with E-state index in [-0.39, 0.29) is 6.04 Å². The Morgan fingerprint density at radius 1 is 1.19 bits per heavy atom. The Kier molecular flexibility index (Phi) is 4.01. The minimum atomic E-state index is -1.14. The zero-order valence-electron chi connectivity index (χ0n) is 9.48. The molecule has 0 unspecified atom stereocenters. The van der Waals surface area contributed by atoms with Crippen molar-refractivity contribution in [2.24, 2.45) is 0 Å². The largest absolute Gasteiger partial charge is 0.530 e. The highest BCUT2D eigenvalue weighted by Gasteiger charge is 2.26. The van der Waals surface area contributed by atoms with E-state index in [1.165, 1.54) is 0 Å². The molecule has 1 aliphatic carbocycles. The number of hydrogen-bond acceptors (Lipinski definition) is 4. The number of amides is 1. The summed E-state index contributed by atoms with van der Waals surface area (Å²) in [5.41, 5.74) is 0. The van der Waals surface area contributed by atoms with Crippen LogP contribution in [0.15, 0.2) is 0 Å². The molecule has 0 aromatic heterocycles. The van der Waals surface area contributed by atoms with Crippen LogP contribution in [0.4, 0.5) is 4.79 Å². The van der Waals surface area contributed by atoms with E-state index >= 15 is 0 Å².